The van der Waals surface area contributed by atoms with Crippen molar-refractivity contribution >= 4 is 9.84 Å². The molecular formula is C14H20FNO2S. The maximum atomic E-state index is 13.1. The maximum Gasteiger partial charge on any atom is 0.148 e. The van der Waals surface area contributed by atoms with Crippen molar-refractivity contribution in [1.29, 1.82) is 0 Å². The molecule has 19 heavy (non-hydrogen) atoms. The predicted octanol–water partition coefficient (Wildman–Crippen LogP) is 2.09. The van der Waals surface area contributed by atoms with E-state index in [0.29, 0.717) is 12.0 Å². The minimum Gasteiger partial charge on any atom is -0.310 e. The second-order valence-electron chi connectivity index (χ2n) is 5.58. The Labute approximate surface area is 114 Å². The molecule has 1 N–H and O–H groups in total. The van der Waals surface area contributed by atoms with E-state index in [4.69, 9.17) is 0 Å². The van der Waals surface area contributed by atoms with E-state index in [-0.39, 0.29) is 17.6 Å². The van der Waals surface area contributed by atoms with Crippen LogP contribution in [0.1, 0.15) is 31.2 Å². The van der Waals surface area contributed by atoms with E-state index in [9.17, 15) is 12.8 Å². The van der Waals surface area contributed by atoms with Crippen LogP contribution in [0.25, 0.3) is 0 Å². The Morgan fingerprint density at radius 1 is 1.42 bits per heavy atom. The van der Waals surface area contributed by atoms with Gasteiger partial charge in [0.1, 0.15) is 15.7 Å². The quantitative estimate of drug-likeness (QED) is 0.901. The minimum absolute atomic E-state index is 0.0338. The Hall–Kier alpha value is -0.940. The van der Waals surface area contributed by atoms with Gasteiger partial charge in [0.15, 0.2) is 0 Å². The van der Waals surface area contributed by atoms with E-state index in [1.807, 2.05) is 13.0 Å². The zero-order valence-corrected chi connectivity index (χ0v) is 12.1. The summed E-state index contributed by atoms with van der Waals surface area (Å²) >= 11 is 0. The molecule has 1 unspecified atom stereocenters. The number of rotatable bonds is 5. The number of benzene rings is 1. The molecule has 1 saturated carbocycles. The molecule has 5 heteroatoms. The van der Waals surface area contributed by atoms with Crippen molar-refractivity contribution in [3.05, 3.63) is 35.6 Å². The summed E-state index contributed by atoms with van der Waals surface area (Å²) in [6.07, 6.45) is 3.14. The number of hydrogen-bond donors (Lipinski definition) is 1. The average molecular weight is 285 g/mol. The molecule has 0 aliphatic heterocycles. The van der Waals surface area contributed by atoms with Gasteiger partial charge in [0, 0.05) is 18.3 Å². The van der Waals surface area contributed by atoms with Gasteiger partial charge in [-0.2, -0.15) is 0 Å². The van der Waals surface area contributed by atoms with Gasteiger partial charge in [0.25, 0.3) is 0 Å². The number of nitrogens with one attached hydrogen (secondary N) is 1. The molecule has 0 aromatic heterocycles. The fraction of sp³-hybridized carbons (Fsp3) is 0.571. The van der Waals surface area contributed by atoms with E-state index in [2.05, 4.69) is 5.32 Å². The molecule has 0 radical (unpaired) electrons. The fourth-order valence-corrected chi connectivity index (χ4v) is 3.70. The highest BCUT2D eigenvalue weighted by Gasteiger charge is 2.31. The van der Waals surface area contributed by atoms with Crippen LogP contribution in [0.5, 0.6) is 0 Å². The maximum absolute atomic E-state index is 13.1. The van der Waals surface area contributed by atoms with Crippen LogP contribution in [0.3, 0.4) is 0 Å². The molecule has 106 valence electrons. The standard InChI is InChI=1S/C14H20FNO2S/c1-10(9-19(2,17)18)16-14-7-12(8-14)11-4-3-5-13(15)6-11/h3-6,10,12,14,16H,7-9H2,1-2H3. The molecule has 1 aromatic carbocycles. The molecule has 1 aromatic rings. The first-order valence-electron chi connectivity index (χ1n) is 6.53. The Morgan fingerprint density at radius 3 is 2.68 bits per heavy atom. The minimum atomic E-state index is -2.94. The second kappa shape index (κ2) is 5.59. The predicted molar refractivity (Wildman–Crippen MR) is 74.5 cm³/mol. The fourth-order valence-electron chi connectivity index (χ4n) is 2.69. The van der Waals surface area contributed by atoms with Gasteiger partial charge in [-0.05, 0) is 43.4 Å². The summed E-state index contributed by atoms with van der Waals surface area (Å²) < 4.78 is 35.4. The summed E-state index contributed by atoms with van der Waals surface area (Å²) in [5.74, 6) is 0.353. The smallest absolute Gasteiger partial charge is 0.148 e. The SMILES string of the molecule is CC(CS(C)(=O)=O)NC1CC(c2cccc(F)c2)C1. The molecule has 0 amide bonds. The number of hydrogen-bond acceptors (Lipinski definition) is 3. The average Bonchev–Trinajstić information content (AvgIpc) is 2.20. The lowest BCUT2D eigenvalue weighted by Gasteiger charge is -2.38. The van der Waals surface area contributed by atoms with Crippen LogP contribution < -0.4 is 5.32 Å². The highest BCUT2D eigenvalue weighted by molar-refractivity contribution is 7.90. The summed E-state index contributed by atoms with van der Waals surface area (Å²) in [5.41, 5.74) is 1.04. The lowest BCUT2D eigenvalue weighted by atomic mass is 9.75. The lowest BCUT2D eigenvalue weighted by molar-refractivity contribution is 0.275. The van der Waals surface area contributed by atoms with E-state index in [0.717, 1.165) is 18.4 Å². The van der Waals surface area contributed by atoms with Crippen LogP contribution >= 0.6 is 0 Å². The largest absolute Gasteiger partial charge is 0.310 e. The van der Waals surface area contributed by atoms with E-state index < -0.39 is 9.84 Å². The van der Waals surface area contributed by atoms with Gasteiger partial charge in [0.05, 0.1) is 5.75 Å². The molecule has 0 saturated heterocycles. The molecule has 0 bridgehead atoms. The van der Waals surface area contributed by atoms with Gasteiger partial charge in [0.2, 0.25) is 0 Å². The van der Waals surface area contributed by atoms with Gasteiger partial charge in [-0.15, -0.1) is 0 Å². The first-order chi connectivity index (χ1) is 8.83. The molecule has 1 aliphatic rings. The second-order valence-corrected chi connectivity index (χ2v) is 7.77. The summed E-state index contributed by atoms with van der Waals surface area (Å²) in [4.78, 5) is 0. The van der Waals surface area contributed by atoms with E-state index >= 15 is 0 Å². The van der Waals surface area contributed by atoms with Crippen LogP contribution in [0.4, 0.5) is 4.39 Å². The molecular weight excluding hydrogens is 265 g/mol. The number of sulfone groups is 1. The first-order valence-corrected chi connectivity index (χ1v) is 8.59. The van der Waals surface area contributed by atoms with Crippen molar-refractivity contribution in [3.63, 3.8) is 0 Å². The van der Waals surface area contributed by atoms with E-state index in [1.165, 1.54) is 12.3 Å². The monoisotopic (exact) mass is 285 g/mol. The van der Waals surface area contributed by atoms with E-state index in [1.54, 1.807) is 12.1 Å². The third-order valence-corrected chi connectivity index (χ3v) is 4.64. The van der Waals surface area contributed by atoms with Crippen molar-refractivity contribution in [3.8, 4) is 0 Å². The zero-order chi connectivity index (χ0) is 14.0. The Balaban J connectivity index is 1.80. The van der Waals surface area contributed by atoms with Crippen molar-refractivity contribution in [2.24, 2.45) is 0 Å². The molecule has 1 atom stereocenters. The van der Waals surface area contributed by atoms with Gasteiger partial charge >= 0.3 is 0 Å². The third-order valence-electron chi connectivity index (χ3n) is 3.53. The third kappa shape index (κ3) is 4.28. The van der Waals surface area contributed by atoms with Gasteiger partial charge in [-0.25, -0.2) is 12.8 Å². The summed E-state index contributed by atoms with van der Waals surface area (Å²) in [6, 6.07) is 7.02. The zero-order valence-electron chi connectivity index (χ0n) is 11.3. The Bertz CT molecular complexity index is 538. The van der Waals surface area contributed by atoms with Crippen LogP contribution in [-0.4, -0.2) is 32.5 Å². The van der Waals surface area contributed by atoms with Crippen LogP contribution in [0, 0.1) is 5.82 Å². The highest BCUT2D eigenvalue weighted by atomic mass is 32.2. The van der Waals surface area contributed by atoms with Crippen molar-refractivity contribution in [2.75, 3.05) is 12.0 Å². The first kappa shape index (κ1) is 14.5. The molecule has 1 aliphatic carbocycles. The molecule has 0 heterocycles. The lowest BCUT2D eigenvalue weighted by Crippen LogP contribution is -2.46. The van der Waals surface area contributed by atoms with Gasteiger partial charge in [-0.3, -0.25) is 0 Å². The topological polar surface area (TPSA) is 46.2 Å². The highest BCUT2D eigenvalue weighted by Crippen LogP contribution is 2.37. The summed E-state index contributed by atoms with van der Waals surface area (Å²) in [7, 11) is -2.94. The summed E-state index contributed by atoms with van der Waals surface area (Å²) in [5, 5.41) is 3.31. The number of halogens is 1. The Morgan fingerprint density at radius 2 is 2.11 bits per heavy atom. The van der Waals surface area contributed by atoms with Crippen molar-refractivity contribution in [1.82, 2.24) is 5.32 Å². The van der Waals surface area contributed by atoms with Crippen LogP contribution in [-0.2, 0) is 9.84 Å². The van der Waals surface area contributed by atoms with Crippen molar-refractivity contribution in [2.45, 2.75) is 37.8 Å². The molecule has 0 spiro atoms. The Kier molecular flexibility index (Phi) is 4.26. The van der Waals surface area contributed by atoms with Crippen LogP contribution in [0.2, 0.25) is 0 Å². The molecule has 3 nitrogen and oxygen atoms in total. The van der Waals surface area contributed by atoms with Crippen LogP contribution in [0.15, 0.2) is 24.3 Å². The van der Waals surface area contributed by atoms with Gasteiger partial charge in [-0.1, -0.05) is 12.1 Å². The molecule has 2 rings (SSSR count). The van der Waals surface area contributed by atoms with Gasteiger partial charge < -0.3 is 5.32 Å². The summed E-state index contributed by atoms with van der Waals surface area (Å²) in [6.45, 7) is 1.89. The molecule has 1 fully saturated rings. The normalized spacial score (nSPS) is 24.8. The van der Waals surface area contributed by atoms with Crippen molar-refractivity contribution < 1.29 is 12.8 Å².